The second kappa shape index (κ2) is 4.85. The number of nitrogens with two attached hydrogens (primary N) is 1. The molecule has 0 aromatic heterocycles. The number of phenols is 1. The fraction of sp³-hybridized carbons (Fsp3) is 0.538. The molecule has 1 saturated heterocycles. The number of phenolic OH excluding ortho intramolecular Hbond substituents is 1. The van der Waals surface area contributed by atoms with E-state index >= 15 is 0 Å². The van der Waals surface area contributed by atoms with Crippen molar-refractivity contribution in [2.75, 3.05) is 13.1 Å². The molecule has 1 heterocycles. The van der Waals surface area contributed by atoms with Crippen molar-refractivity contribution in [2.45, 2.75) is 25.9 Å². The fourth-order valence-corrected chi connectivity index (χ4v) is 2.28. The van der Waals surface area contributed by atoms with Gasteiger partial charge in [-0.15, -0.1) is 0 Å². The van der Waals surface area contributed by atoms with E-state index < -0.39 is 0 Å². The van der Waals surface area contributed by atoms with Gasteiger partial charge in [-0.2, -0.15) is 0 Å². The average molecular weight is 220 g/mol. The number of hydrogen-bond donors (Lipinski definition) is 2. The summed E-state index contributed by atoms with van der Waals surface area (Å²) < 4.78 is 0. The highest BCUT2D eigenvalue weighted by Gasteiger charge is 2.23. The van der Waals surface area contributed by atoms with E-state index in [4.69, 9.17) is 5.73 Å². The predicted molar refractivity (Wildman–Crippen MR) is 65.1 cm³/mol. The Kier molecular flexibility index (Phi) is 3.46. The quantitative estimate of drug-likeness (QED) is 0.795. The van der Waals surface area contributed by atoms with E-state index in [1.807, 2.05) is 18.2 Å². The summed E-state index contributed by atoms with van der Waals surface area (Å²) in [4.78, 5) is 2.36. The molecule has 1 aromatic rings. The van der Waals surface area contributed by atoms with Gasteiger partial charge in [0.15, 0.2) is 0 Å². The maximum atomic E-state index is 9.71. The van der Waals surface area contributed by atoms with Gasteiger partial charge in [0.05, 0.1) is 0 Å². The number of para-hydroxylation sites is 1. The van der Waals surface area contributed by atoms with Crippen LogP contribution >= 0.6 is 0 Å². The van der Waals surface area contributed by atoms with Crippen LogP contribution in [0.15, 0.2) is 24.3 Å². The molecule has 1 fully saturated rings. The molecule has 16 heavy (non-hydrogen) atoms. The van der Waals surface area contributed by atoms with E-state index in [1.54, 1.807) is 6.07 Å². The molecule has 0 bridgehead atoms. The molecule has 2 atom stereocenters. The van der Waals surface area contributed by atoms with Crippen LogP contribution in [-0.2, 0) is 6.54 Å². The Balaban J connectivity index is 1.98. The van der Waals surface area contributed by atoms with Crippen LogP contribution in [0.1, 0.15) is 18.9 Å². The minimum Gasteiger partial charge on any atom is -0.508 e. The van der Waals surface area contributed by atoms with Crippen LogP contribution in [0.4, 0.5) is 0 Å². The van der Waals surface area contributed by atoms with Crippen molar-refractivity contribution in [3.63, 3.8) is 0 Å². The molecule has 0 radical (unpaired) electrons. The highest BCUT2D eigenvalue weighted by Crippen LogP contribution is 2.21. The number of piperidine rings is 1. The SMILES string of the molecule is CC1CN(Cc2ccccc2O)CCC1N. The zero-order valence-electron chi connectivity index (χ0n) is 9.76. The summed E-state index contributed by atoms with van der Waals surface area (Å²) in [6.07, 6.45) is 1.05. The summed E-state index contributed by atoms with van der Waals surface area (Å²) in [6, 6.07) is 7.88. The number of aromatic hydroxyl groups is 1. The van der Waals surface area contributed by atoms with Gasteiger partial charge in [-0.25, -0.2) is 0 Å². The van der Waals surface area contributed by atoms with Gasteiger partial charge in [-0.05, 0) is 24.9 Å². The molecular weight excluding hydrogens is 200 g/mol. The van der Waals surface area contributed by atoms with Crippen LogP contribution in [0.5, 0.6) is 5.75 Å². The molecule has 3 N–H and O–H groups in total. The van der Waals surface area contributed by atoms with E-state index in [9.17, 15) is 5.11 Å². The van der Waals surface area contributed by atoms with Gasteiger partial charge in [0.25, 0.3) is 0 Å². The number of nitrogens with zero attached hydrogens (tertiary/aromatic N) is 1. The third-order valence-electron chi connectivity index (χ3n) is 3.44. The van der Waals surface area contributed by atoms with E-state index in [2.05, 4.69) is 11.8 Å². The van der Waals surface area contributed by atoms with Gasteiger partial charge in [-0.1, -0.05) is 25.1 Å². The van der Waals surface area contributed by atoms with Crippen molar-refractivity contribution >= 4 is 0 Å². The molecule has 3 heteroatoms. The van der Waals surface area contributed by atoms with Crippen molar-refractivity contribution in [3.8, 4) is 5.75 Å². The largest absolute Gasteiger partial charge is 0.508 e. The van der Waals surface area contributed by atoms with E-state index in [0.717, 1.165) is 31.6 Å². The summed E-state index contributed by atoms with van der Waals surface area (Å²) in [6.45, 7) is 5.07. The Morgan fingerprint density at radius 1 is 1.44 bits per heavy atom. The number of rotatable bonds is 2. The normalized spacial score (nSPS) is 26.9. The Morgan fingerprint density at radius 3 is 2.88 bits per heavy atom. The molecule has 0 aliphatic carbocycles. The van der Waals surface area contributed by atoms with Crippen LogP contribution in [0, 0.1) is 5.92 Å². The maximum absolute atomic E-state index is 9.71. The molecule has 2 unspecified atom stereocenters. The summed E-state index contributed by atoms with van der Waals surface area (Å²) in [5.74, 6) is 0.935. The van der Waals surface area contributed by atoms with E-state index in [1.165, 1.54) is 0 Å². The first-order valence-electron chi connectivity index (χ1n) is 5.91. The lowest BCUT2D eigenvalue weighted by atomic mass is 9.94. The zero-order chi connectivity index (χ0) is 11.5. The van der Waals surface area contributed by atoms with Crippen molar-refractivity contribution in [2.24, 2.45) is 11.7 Å². The van der Waals surface area contributed by atoms with Crippen LogP contribution < -0.4 is 5.73 Å². The van der Waals surface area contributed by atoms with Gasteiger partial charge in [0.1, 0.15) is 5.75 Å². The van der Waals surface area contributed by atoms with Crippen molar-refractivity contribution < 1.29 is 5.11 Å². The third-order valence-corrected chi connectivity index (χ3v) is 3.44. The third kappa shape index (κ3) is 2.54. The molecule has 0 spiro atoms. The monoisotopic (exact) mass is 220 g/mol. The van der Waals surface area contributed by atoms with Gasteiger partial charge < -0.3 is 10.8 Å². The molecule has 88 valence electrons. The topological polar surface area (TPSA) is 49.5 Å². The van der Waals surface area contributed by atoms with Crippen molar-refractivity contribution in [1.29, 1.82) is 0 Å². The summed E-state index contributed by atoms with van der Waals surface area (Å²) in [5, 5.41) is 9.71. The predicted octanol–water partition coefficient (Wildman–Crippen LogP) is 1.56. The summed E-state index contributed by atoms with van der Waals surface area (Å²) >= 11 is 0. The molecular formula is C13H20N2O. The second-order valence-electron chi connectivity index (χ2n) is 4.79. The minimum atomic E-state index is 0.334. The lowest BCUT2D eigenvalue weighted by Crippen LogP contribution is -2.45. The molecule has 1 aliphatic rings. The molecule has 1 aromatic carbocycles. The van der Waals surface area contributed by atoms with E-state index in [0.29, 0.717) is 17.7 Å². The smallest absolute Gasteiger partial charge is 0.120 e. The van der Waals surface area contributed by atoms with Gasteiger partial charge >= 0.3 is 0 Å². The van der Waals surface area contributed by atoms with Crippen LogP contribution in [0.25, 0.3) is 0 Å². The number of benzene rings is 1. The Morgan fingerprint density at radius 2 is 2.19 bits per heavy atom. The van der Waals surface area contributed by atoms with Crippen LogP contribution in [0.2, 0.25) is 0 Å². The van der Waals surface area contributed by atoms with Crippen LogP contribution in [0.3, 0.4) is 0 Å². The van der Waals surface area contributed by atoms with Crippen LogP contribution in [-0.4, -0.2) is 29.1 Å². The standard InChI is InChI=1S/C13H20N2O/c1-10-8-15(7-6-12(10)14)9-11-4-2-3-5-13(11)16/h2-5,10,12,16H,6-9,14H2,1H3. The average Bonchev–Trinajstić information content (AvgIpc) is 2.27. The molecule has 0 saturated carbocycles. The summed E-state index contributed by atoms with van der Waals surface area (Å²) in [7, 11) is 0. The van der Waals surface area contributed by atoms with Gasteiger partial charge in [-0.3, -0.25) is 4.90 Å². The Labute approximate surface area is 96.9 Å². The molecule has 1 aliphatic heterocycles. The first kappa shape index (κ1) is 11.4. The first-order valence-corrected chi connectivity index (χ1v) is 5.91. The van der Waals surface area contributed by atoms with Gasteiger partial charge in [0, 0.05) is 24.7 Å². The first-order chi connectivity index (χ1) is 7.66. The molecule has 3 nitrogen and oxygen atoms in total. The van der Waals surface area contributed by atoms with Gasteiger partial charge in [0.2, 0.25) is 0 Å². The lowest BCUT2D eigenvalue weighted by molar-refractivity contribution is 0.156. The number of hydrogen-bond acceptors (Lipinski definition) is 3. The molecule has 0 amide bonds. The second-order valence-corrected chi connectivity index (χ2v) is 4.79. The number of likely N-dealkylation sites (tertiary alicyclic amines) is 1. The fourth-order valence-electron chi connectivity index (χ4n) is 2.28. The highest BCUT2D eigenvalue weighted by atomic mass is 16.3. The minimum absolute atomic E-state index is 0.334. The highest BCUT2D eigenvalue weighted by molar-refractivity contribution is 5.31. The lowest BCUT2D eigenvalue weighted by Gasteiger charge is -2.35. The Bertz CT molecular complexity index is 354. The zero-order valence-corrected chi connectivity index (χ0v) is 9.76. The van der Waals surface area contributed by atoms with Crippen molar-refractivity contribution in [1.82, 2.24) is 4.90 Å². The summed E-state index contributed by atoms with van der Waals surface area (Å²) in [5.41, 5.74) is 6.99. The van der Waals surface area contributed by atoms with Crippen molar-refractivity contribution in [3.05, 3.63) is 29.8 Å². The van der Waals surface area contributed by atoms with E-state index in [-0.39, 0.29) is 0 Å². The Hall–Kier alpha value is -1.06. The molecule has 2 rings (SSSR count). The maximum Gasteiger partial charge on any atom is 0.120 e.